The fraction of sp³-hybridized carbons (Fsp3) is 0.0714. The predicted molar refractivity (Wildman–Crippen MR) is 244 cm³/mol. The van der Waals surface area contributed by atoms with Crippen LogP contribution in [0.4, 0.5) is 0 Å². The molecule has 0 aliphatic carbocycles. The van der Waals surface area contributed by atoms with Crippen LogP contribution in [0.25, 0.3) is 0 Å². The summed E-state index contributed by atoms with van der Waals surface area (Å²) in [4.78, 5) is 45.0. The Kier molecular flexibility index (Phi) is 19.4. The van der Waals surface area contributed by atoms with E-state index in [1.54, 1.807) is 243 Å². The van der Waals surface area contributed by atoms with Gasteiger partial charge in [0.05, 0.1) is 23.9 Å². The van der Waals surface area contributed by atoms with Gasteiger partial charge in [-0.05, 0) is 44.5 Å². The fourth-order valence-electron chi connectivity index (χ4n) is 7.04. The van der Waals surface area contributed by atoms with E-state index in [2.05, 4.69) is 0 Å². The van der Waals surface area contributed by atoms with Crippen LogP contribution in [0.5, 0.6) is 0 Å². The molecule has 8 aromatic rings. The first-order valence-corrected chi connectivity index (χ1v) is 20.8. The molecule has 0 atom stereocenters. The maximum Gasteiger partial charge on any atom is 4.00 e. The molecule has 0 radical (unpaired) electrons. The maximum absolute atomic E-state index is 11.3. The minimum atomic E-state index is -2.11. The molecule has 0 bridgehead atoms. The first-order chi connectivity index (χ1) is 32.6. The summed E-state index contributed by atoms with van der Waals surface area (Å²) < 4.78 is 0. The van der Waals surface area contributed by atoms with Crippen molar-refractivity contribution in [1.29, 1.82) is 0 Å². The SMILES string of the molecule is O=C([O-])C(O)(c1ccccc1)c1ccccc1.O=C([O-])C(O)(c1ccccc1)c1ccccc1.O=C([O-])C(O)(c1ccccc1)c1ccccc1.O=C([O-])C(O)(c1ccccc1)c1ccccc1.[Ti+4]. The molecule has 13 heteroatoms. The average molecular weight is 957 g/mol. The molecule has 0 heterocycles. The smallest absolute Gasteiger partial charge is 0.546 e. The van der Waals surface area contributed by atoms with Crippen molar-refractivity contribution in [3.8, 4) is 0 Å². The standard InChI is InChI=1S/4C14H12O3.Ti/c4*15-13(16)14(17,11-7-3-1-4-8-11)12-9-5-2-6-10-12;/h4*1-10,17H,(H,15,16);/q;;;;+4/p-4. The topological polar surface area (TPSA) is 241 Å². The Morgan fingerprint density at radius 1 is 0.232 bits per heavy atom. The van der Waals surface area contributed by atoms with Crippen LogP contribution < -0.4 is 20.4 Å². The van der Waals surface area contributed by atoms with Gasteiger partial charge in [-0.1, -0.05) is 243 Å². The quantitative estimate of drug-likeness (QED) is 0.129. The van der Waals surface area contributed by atoms with Crippen molar-refractivity contribution in [2.45, 2.75) is 22.4 Å². The molecule has 8 rings (SSSR count). The third-order valence-electron chi connectivity index (χ3n) is 10.7. The Labute approximate surface area is 413 Å². The van der Waals surface area contributed by atoms with Crippen molar-refractivity contribution in [1.82, 2.24) is 0 Å². The molecule has 8 aromatic carbocycles. The van der Waals surface area contributed by atoms with Gasteiger partial charge in [-0.2, -0.15) is 0 Å². The van der Waals surface area contributed by atoms with E-state index in [9.17, 15) is 60.0 Å². The second-order valence-corrected chi connectivity index (χ2v) is 14.9. The molecule has 0 aliphatic rings. The monoisotopic (exact) mass is 956 g/mol. The number of carbonyl (C=O) groups excluding carboxylic acids is 4. The van der Waals surface area contributed by atoms with Crippen LogP contribution in [0.1, 0.15) is 44.5 Å². The van der Waals surface area contributed by atoms with Crippen LogP contribution in [0.2, 0.25) is 0 Å². The number of carboxylic acid groups (broad SMARTS) is 4. The molecular formula is C56H44O12Ti. The Balaban J connectivity index is 0.000000199. The van der Waals surface area contributed by atoms with Gasteiger partial charge in [0.15, 0.2) is 22.4 Å². The zero-order valence-electron chi connectivity index (χ0n) is 36.6. The van der Waals surface area contributed by atoms with E-state index in [1.165, 1.54) is 0 Å². The second-order valence-electron chi connectivity index (χ2n) is 14.9. The summed E-state index contributed by atoms with van der Waals surface area (Å²) in [5, 5.41) is 86.5. The van der Waals surface area contributed by atoms with Crippen molar-refractivity contribution < 1.29 is 81.7 Å². The molecule has 12 nitrogen and oxygen atoms in total. The van der Waals surface area contributed by atoms with Crippen molar-refractivity contribution in [2.75, 3.05) is 0 Å². The Morgan fingerprint density at radius 2 is 0.319 bits per heavy atom. The van der Waals surface area contributed by atoms with E-state index in [-0.39, 0.29) is 66.2 Å². The van der Waals surface area contributed by atoms with Crippen molar-refractivity contribution in [3.05, 3.63) is 287 Å². The number of aliphatic carboxylic acids is 4. The van der Waals surface area contributed by atoms with Crippen LogP contribution in [-0.2, 0) is 63.3 Å². The molecule has 0 aromatic heterocycles. The van der Waals surface area contributed by atoms with E-state index in [4.69, 9.17) is 0 Å². The van der Waals surface area contributed by atoms with Gasteiger partial charge in [-0.25, -0.2) is 0 Å². The molecule has 0 saturated carbocycles. The van der Waals surface area contributed by atoms with Gasteiger partial charge < -0.3 is 60.0 Å². The third kappa shape index (κ3) is 12.4. The van der Waals surface area contributed by atoms with E-state index in [1.807, 2.05) is 0 Å². The van der Waals surface area contributed by atoms with Gasteiger partial charge in [0.2, 0.25) is 0 Å². The van der Waals surface area contributed by atoms with Crippen molar-refractivity contribution in [3.63, 3.8) is 0 Å². The predicted octanol–water partition coefficient (Wildman–Crippen LogP) is 2.69. The summed E-state index contributed by atoms with van der Waals surface area (Å²) in [5.41, 5.74) is -6.17. The minimum Gasteiger partial charge on any atom is -0.546 e. The van der Waals surface area contributed by atoms with Gasteiger partial charge in [0.25, 0.3) is 0 Å². The first-order valence-electron chi connectivity index (χ1n) is 20.8. The van der Waals surface area contributed by atoms with Crippen molar-refractivity contribution >= 4 is 23.9 Å². The maximum atomic E-state index is 11.3. The van der Waals surface area contributed by atoms with Crippen LogP contribution >= 0.6 is 0 Å². The number of rotatable bonds is 12. The summed E-state index contributed by atoms with van der Waals surface area (Å²) >= 11 is 0. The molecular weight excluding hydrogens is 912 g/mol. The molecule has 0 amide bonds. The number of carboxylic acids is 4. The van der Waals surface area contributed by atoms with Gasteiger partial charge in [0.1, 0.15) is 0 Å². The van der Waals surface area contributed by atoms with E-state index in [0.29, 0.717) is 0 Å². The van der Waals surface area contributed by atoms with Gasteiger partial charge in [-0.15, -0.1) is 0 Å². The number of hydrogen-bond donors (Lipinski definition) is 4. The molecule has 0 aliphatic heterocycles. The van der Waals surface area contributed by atoms with Crippen molar-refractivity contribution in [2.24, 2.45) is 0 Å². The molecule has 0 fully saturated rings. The Bertz CT molecular complexity index is 2270. The zero-order valence-corrected chi connectivity index (χ0v) is 38.2. The fourth-order valence-corrected chi connectivity index (χ4v) is 7.04. The summed E-state index contributed by atoms with van der Waals surface area (Å²) in [5.74, 6) is -6.13. The Morgan fingerprint density at radius 3 is 0.391 bits per heavy atom. The molecule has 0 unspecified atom stereocenters. The average Bonchev–Trinajstić information content (AvgIpc) is 3.40. The molecule has 69 heavy (non-hydrogen) atoms. The third-order valence-corrected chi connectivity index (χ3v) is 10.7. The summed E-state index contributed by atoms with van der Waals surface area (Å²) in [6.07, 6.45) is 0. The van der Waals surface area contributed by atoms with Gasteiger partial charge in [0, 0.05) is 0 Å². The zero-order chi connectivity index (χ0) is 49.2. The summed E-state index contributed by atoms with van der Waals surface area (Å²) in [7, 11) is 0. The number of carbonyl (C=O) groups is 4. The summed E-state index contributed by atoms with van der Waals surface area (Å²) in [6.45, 7) is 0. The van der Waals surface area contributed by atoms with E-state index in [0.717, 1.165) is 0 Å². The van der Waals surface area contributed by atoms with Crippen LogP contribution in [0.3, 0.4) is 0 Å². The normalized spacial score (nSPS) is 11.0. The molecule has 344 valence electrons. The molecule has 0 spiro atoms. The van der Waals surface area contributed by atoms with E-state index < -0.39 is 46.3 Å². The second kappa shape index (κ2) is 24.8. The van der Waals surface area contributed by atoms with Crippen LogP contribution in [0.15, 0.2) is 243 Å². The van der Waals surface area contributed by atoms with Crippen LogP contribution in [0, 0.1) is 0 Å². The number of aliphatic hydroxyl groups is 4. The molecule has 4 N–H and O–H groups in total. The number of benzene rings is 8. The minimum absolute atomic E-state index is 0. The number of hydrogen-bond acceptors (Lipinski definition) is 12. The summed E-state index contributed by atoms with van der Waals surface area (Å²) in [6, 6.07) is 65.7. The van der Waals surface area contributed by atoms with Gasteiger partial charge in [-0.3, -0.25) is 0 Å². The molecule has 0 saturated heterocycles. The Hall–Kier alpha value is -7.81. The van der Waals surface area contributed by atoms with Gasteiger partial charge >= 0.3 is 21.7 Å². The first kappa shape index (κ1) is 53.8. The van der Waals surface area contributed by atoms with Crippen LogP contribution in [-0.4, -0.2) is 44.3 Å². The van der Waals surface area contributed by atoms with E-state index >= 15 is 0 Å². The largest absolute Gasteiger partial charge is 4.00 e.